The lowest BCUT2D eigenvalue weighted by atomic mass is 9.97. The van der Waals surface area contributed by atoms with Gasteiger partial charge in [0.05, 0.1) is 10.0 Å². The summed E-state index contributed by atoms with van der Waals surface area (Å²) in [4.78, 5) is 0. The van der Waals surface area contributed by atoms with Gasteiger partial charge >= 0.3 is 0 Å². The van der Waals surface area contributed by atoms with Crippen molar-refractivity contribution in [3.05, 3.63) is 51.5 Å². The predicted molar refractivity (Wildman–Crippen MR) is 88.4 cm³/mol. The summed E-state index contributed by atoms with van der Waals surface area (Å²) < 4.78 is 6.10. The average molecular weight is 322 g/mol. The van der Waals surface area contributed by atoms with E-state index < -0.39 is 0 Å². The first kappa shape index (κ1) is 14.7. The molecule has 0 aliphatic carbocycles. The maximum Gasteiger partial charge on any atom is 0.131 e. The molecule has 1 aliphatic heterocycles. The molecule has 0 aromatic heterocycles. The SMILES string of the molecule is Cc1cc2c(c(-c3c(Cl)cccc3Cl)c1)OC(CCN)C2. The van der Waals surface area contributed by atoms with Crippen LogP contribution in [0.1, 0.15) is 17.5 Å². The average Bonchev–Trinajstić information content (AvgIpc) is 2.81. The number of ether oxygens (including phenoxy) is 1. The fourth-order valence-electron chi connectivity index (χ4n) is 2.88. The first-order chi connectivity index (χ1) is 10.1. The zero-order valence-electron chi connectivity index (χ0n) is 11.8. The Morgan fingerprint density at radius 1 is 1.24 bits per heavy atom. The van der Waals surface area contributed by atoms with Gasteiger partial charge in [-0.2, -0.15) is 0 Å². The van der Waals surface area contributed by atoms with Gasteiger partial charge in [-0.3, -0.25) is 0 Å². The van der Waals surface area contributed by atoms with Crippen molar-refractivity contribution in [3.63, 3.8) is 0 Å². The van der Waals surface area contributed by atoms with Crippen LogP contribution in [0.2, 0.25) is 10.0 Å². The molecular weight excluding hydrogens is 305 g/mol. The molecule has 110 valence electrons. The molecular formula is C17H17Cl2NO. The highest BCUT2D eigenvalue weighted by molar-refractivity contribution is 6.39. The molecule has 0 spiro atoms. The summed E-state index contributed by atoms with van der Waals surface area (Å²) in [6.07, 6.45) is 1.89. The standard InChI is InChI=1S/C17H17Cl2NO/c1-10-7-11-9-12(5-6-20)21-17(11)13(8-10)16-14(18)3-2-4-15(16)19/h2-4,7-8,12H,5-6,9,20H2,1H3. The maximum absolute atomic E-state index is 6.36. The van der Waals surface area contributed by atoms with Crippen LogP contribution in [0.15, 0.2) is 30.3 Å². The molecule has 0 bridgehead atoms. The van der Waals surface area contributed by atoms with Crippen LogP contribution in [0.5, 0.6) is 5.75 Å². The van der Waals surface area contributed by atoms with Crippen molar-refractivity contribution in [2.75, 3.05) is 6.54 Å². The van der Waals surface area contributed by atoms with E-state index in [1.165, 1.54) is 11.1 Å². The summed E-state index contributed by atoms with van der Waals surface area (Å²) in [7, 11) is 0. The van der Waals surface area contributed by atoms with Crippen LogP contribution in [-0.2, 0) is 6.42 Å². The number of fused-ring (bicyclic) bond motifs is 1. The minimum Gasteiger partial charge on any atom is -0.489 e. The molecule has 1 aliphatic rings. The van der Waals surface area contributed by atoms with Gasteiger partial charge in [-0.05, 0) is 49.2 Å². The zero-order chi connectivity index (χ0) is 15.0. The van der Waals surface area contributed by atoms with Gasteiger partial charge in [-0.25, -0.2) is 0 Å². The summed E-state index contributed by atoms with van der Waals surface area (Å²) in [5, 5.41) is 1.28. The third kappa shape index (κ3) is 2.76. The summed E-state index contributed by atoms with van der Waals surface area (Å²) in [5.74, 6) is 0.897. The van der Waals surface area contributed by atoms with Crippen molar-refractivity contribution in [2.45, 2.75) is 25.9 Å². The number of halogens is 2. The summed E-state index contributed by atoms with van der Waals surface area (Å²) in [6, 6.07) is 9.80. The molecule has 3 rings (SSSR count). The van der Waals surface area contributed by atoms with E-state index in [4.69, 9.17) is 33.7 Å². The first-order valence-corrected chi connectivity index (χ1v) is 7.80. The van der Waals surface area contributed by atoms with E-state index in [1.54, 1.807) is 0 Å². The highest BCUT2D eigenvalue weighted by Gasteiger charge is 2.27. The topological polar surface area (TPSA) is 35.2 Å². The number of hydrogen-bond donors (Lipinski definition) is 1. The molecule has 1 unspecified atom stereocenters. The van der Waals surface area contributed by atoms with E-state index in [0.717, 1.165) is 29.7 Å². The Bertz CT molecular complexity index is 664. The molecule has 21 heavy (non-hydrogen) atoms. The van der Waals surface area contributed by atoms with E-state index >= 15 is 0 Å². The van der Waals surface area contributed by atoms with E-state index in [2.05, 4.69) is 19.1 Å². The molecule has 2 aromatic rings. The summed E-state index contributed by atoms with van der Waals surface area (Å²) in [5.41, 5.74) is 9.85. The molecule has 2 aromatic carbocycles. The van der Waals surface area contributed by atoms with Gasteiger partial charge in [-0.15, -0.1) is 0 Å². The Labute approximate surface area is 134 Å². The normalized spacial score (nSPS) is 16.7. The smallest absolute Gasteiger partial charge is 0.131 e. The lowest BCUT2D eigenvalue weighted by Gasteiger charge is -2.14. The van der Waals surface area contributed by atoms with Crippen LogP contribution in [0.4, 0.5) is 0 Å². The van der Waals surface area contributed by atoms with Crippen molar-refractivity contribution in [1.29, 1.82) is 0 Å². The third-order valence-electron chi connectivity index (χ3n) is 3.76. The van der Waals surface area contributed by atoms with Crippen LogP contribution >= 0.6 is 23.2 Å². The molecule has 2 N–H and O–H groups in total. The molecule has 0 radical (unpaired) electrons. The predicted octanol–water partition coefficient (Wildman–Crippen LogP) is 4.62. The highest BCUT2D eigenvalue weighted by Crippen LogP contribution is 2.45. The van der Waals surface area contributed by atoms with Gasteiger partial charge < -0.3 is 10.5 Å². The minimum atomic E-state index is 0.145. The second kappa shape index (κ2) is 5.88. The van der Waals surface area contributed by atoms with Gasteiger partial charge in [-0.1, -0.05) is 35.3 Å². The second-order valence-corrected chi connectivity index (χ2v) is 6.23. The van der Waals surface area contributed by atoms with E-state index in [0.29, 0.717) is 16.6 Å². The van der Waals surface area contributed by atoms with Gasteiger partial charge in [0.1, 0.15) is 11.9 Å². The van der Waals surface area contributed by atoms with E-state index in [1.807, 2.05) is 18.2 Å². The molecule has 0 saturated carbocycles. The molecule has 4 heteroatoms. The fourth-order valence-corrected chi connectivity index (χ4v) is 3.48. The molecule has 0 saturated heterocycles. The zero-order valence-corrected chi connectivity index (χ0v) is 13.3. The minimum absolute atomic E-state index is 0.145. The van der Waals surface area contributed by atoms with Gasteiger partial charge in [0, 0.05) is 17.5 Å². The van der Waals surface area contributed by atoms with Crippen LogP contribution in [0.3, 0.4) is 0 Å². The van der Waals surface area contributed by atoms with Crippen LogP contribution in [0, 0.1) is 6.92 Å². The Balaban J connectivity index is 2.14. The largest absolute Gasteiger partial charge is 0.489 e. The van der Waals surface area contributed by atoms with Crippen molar-refractivity contribution in [3.8, 4) is 16.9 Å². The molecule has 2 nitrogen and oxygen atoms in total. The van der Waals surface area contributed by atoms with Gasteiger partial charge in [0.15, 0.2) is 0 Å². The second-order valence-electron chi connectivity index (χ2n) is 5.42. The lowest BCUT2D eigenvalue weighted by molar-refractivity contribution is 0.225. The number of aryl methyl sites for hydroxylation is 1. The Kier molecular flexibility index (Phi) is 4.12. The molecule has 0 amide bonds. The first-order valence-electron chi connectivity index (χ1n) is 7.04. The Morgan fingerprint density at radius 3 is 2.62 bits per heavy atom. The molecule has 1 heterocycles. The summed E-state index contributed by atoms with van der Waals surface area (Å²) >= 11 is 12.7. The van der Waals surface area contributed by atoms with Crippen molar-refractivity contribution in [2.24, 2.45) is 5.73 Å². The molecule has 1 atom stereocenters. The quantitative estimate of drug-likeness (QED) is 0.895. The van der Waals surface area contributed by atoms with Crippen LogP contribution in [0.25, 0.3) is 11.1 Å². The van der Waals surface area contributed by atoms with E-state index in [9.17, 15) is 0 Å². The highest BCUT2D eigenvalue weighted by atomic mass is 35.5. The Hall–Kier alpha value is -1.22. The van der Waals surface area contributed by atoms with Crippen LogP contribution in [-0.4, -0.2) is 12.6 Å². The molecule has 0 fully saturated rings. The number of hydrogen-bond acceptors (Lipinski definition) is 2. The monoisotopic (exact) mass is 321 g/mol. The van der Waals surface area contributed by atoms with Gasteiger partial charge in [0.25, 0.3) is 0 Å². The lowest BCUT2D eigenvalue weighted by Crippen LogP contribution is -2.17. The van der Waals surface area contributed by atoms with Crippen molar-refractivity contribution in [1.82, 2.24) is 0 Å². The summed E-state index contributed by atoms with van der Waals surface area (Å²) in [6.45, 7) is 2.70. The van der Waals surface area contributed by atoms with Crippen LogP contribution < -0.4 is 10.5 Å². The Morgan fingerprint density at radius 2 is 1.95 bits per heavy atom. The number of benzene rings is 2. The maximum atomic E-state index is 6.36. The van der Waals surface area contributed by atoms with E-state index in [-0.39, 0.29) is 6.10 Å². The van der Waals surface area contributed by atoms with Gasteiger partial charge in [0.2, 0.25) is 0 Å². The number of nitrogens with two attached hydrogens (primary N) is 1. The van der Waals surface area contributed by atoms with Crippen molar-refractivity contribution < 1.29 is 4.74 Å². The number of rotatable bonds is 3. The van der Waals surface area contributed by atoms with Crippen molar-refractivity contribution >= 4 is 23.2 Å². The third-order valence-corrected chi connectivity index (χ3v) is 4.39. The fraction of sp³-hybridized carbons (Fsp3) is 0.294.